The minimum atomic E-state index is -0.488. The highest BCUT2D eigenvalue weighted by Gasteiger charge is 2.25. The fourth-order valence-electron chi connectivity index (χ4n) is 2.77. The third-order valence-electron chi connectivity index (χ3n) is 3.87. The zero-order chi connectivity index (χ0) is 17.4. The highest BCUT2D eigenvalue weighted by atomic mass is 35.5. The number of esters is 1. The van der Waals surface area contributed by atoms with E-state index in [2.05, 4.69) is 0 Å². The highest BCUT2D eigenvalue weighted by molar-refractivity contribution is 6.37. The number of methoxy groups -OCH3 is 1. The minimum Gasteiger partial charge on any atom is -0.465 e. The van der Waals surface area contributed by atoms with Gasteiger partial charge in [0.2, 0.25) is 0 Å². The number of halogens is 2. The summed E-state index contributed by atoms with van der Waals surface area (Å²) in [4.78, 5) is 25.2. The van der Waals surface area contributed by atoms with Gasteiger partial charge in [0.1, 0.15) is 0 Å². The number of carbonyl (C=O) groups excluding carboxylic acids is 2. The summed E-state index contributed by atoms with van der Waals surface area (Å²) >= 11 is 12.1. The first-order valence-electron chi connectivity index (χ1n) is 7.13. The molecule has 2 aromatic carbocycles. The van der Waals surface area contributed by atoms with Crippen LogP contribution in [0, 0.1) is 6.92 Å². The van der Waals surface area contributed by atoms with Gasteiger partial charge >= 0.3 is 5.97 Å². The van der Waals surface area contributed by atoms with Crippen molar-refractivity contribution in [3.05, 3.63) is 69.3 Å². The van der Waals surface area contributed by atoms with Crippen LogP contribution >= 0.6 is 23.2 Å². The molecule has 1 heterocycles. The van der Waals surface area contributed by atoms with E-state index < -0.39 is 5.97 Å². The molecule has 6 heteroatoms. The number of ether oxygens (including phenoxy) is 1. The third kappa shape index (κ3) is 2.58. The van der Waals surface area contributed by atoms with Crippen molar-refractivity contribution in [1.82, 2.24) is 4.57 Å². The van der Waals surface area contributed by atoms with Gasteiger partial charge in [-0.3, -0.25) is 9.36 Å². The van der Waals surface area contributed by atoms with Crippen LogP contribution in [0.25, 0.3) is 10.9 Å². The molecule has 122 valence electrons. The fraction of sp³-hybridized carbons (Fsp3) is 0.111. The van der Waals surface area contributed by atoms with Gasteiger partial charge < -0.3 is 4.74 Å². The molecule has 0 N–H and O–H groups in total. The van der Waals surface area contributed by atoms with Gasteiger partial charge in [-0.05, 0) is 31.2 Å². The van der Waals surface area contributed by atoms with Crippen molar-refractivity contribution in [1.29, 1.82) is 0 Å². The monoisotopic (exact) mass is 361 g/mol. The van der Waals surface area contributed by atoms with Crippen molar-refractivity contribution in [2.24, 2.45) is 0 Å². The van der Waals surface area contributed by atoms with E-state index in [9.17, 15) is 9.59 Å². The number of para-hydroxylation sites is 1. The zero-order valence-corrected chi connectivity index (χ0v) is 14.5. The lowest BCUT2D eigenvalue weighted by atomic mass is 10.1. The van der Waals surface area contributed by atoms with Crippen molar-refractivity contribution < 1.29 is 14.3 Å². The molecule has 0 atom stereocenters. The first-order chi connectivity index (χ1) is 11.5. The Balaban J connectivity index is 2.28. The summed E-state index contributed by atoms with van der Waals surface area (Å²) in [5.74, 6) is -0.821. The van der Waals surface area contributed by atoms with E-state index in [0.717, 1.165) is 0 Å². The molecule has 24 heavy (non-hydrogen) atoms. The lowest BCUT2D eigenvalue weighted by molar-refractivity contribution is 0.0602. The number of hydrogen-bond donors (Lipinski definition) is 0. The van der Waals surface area contributed by atoms with Crippen molar-refractivity contribution in [2.75, 3.05) is 7.11 Å². The minimum absolute atomic E-state index is 0.254. The molecule has 0 saturated carbocycles. The zero-order valence-electron chi connectivity index (χ0n) is 13.0. The first kappa shape index (κ1) is 16.6. The Kier molecular flexibility index (Phi) is 4.35. The summed E-state index contributed by atoms with van der Waals surface area (Å²) < 4.78 is 6.33. The Morgan fingerprint density at radius 3 is 2.46 bits per heavy atom. The molecule has 0 bridgehead atoms. The third-order valence-corrected chi connectivity index (χ3v) is 4.41. The van der Waals surface area contributed by atoms with E-state index in [1.807, 2.05) is 0 Å². The number of aromatic nitrogens is 1. The van der Waals surface area contributed by atoms with Crippen molar-refractivity contribution >= 4 is 46.0 Å². The fourth-order valence-corrected chi connectivity index (χ4v) is 3.26. The molecular formula is C18H13Cl2NO3. The average molecular weight is 362 g/mol. The van der Waals surface area contributed by atoms with Crippen LogP contribution in [0.1, 0.15) is 26.4 Å². The molecule has 0 saturated heterocycles. The Hall–Kier alpha value is -2.30. The van der Waals surface area contributed by atoms with Crippen LogP contribution in [0.15, 0.2) is 42.5 Å². The largest absolute Gasteiger partial charge is 0.465 e. The second kappa shape index (κ2) is 6.30. The Morgan fingerprint density at radius 2 is 1.79 bits per heavy atom. The molecule has 0 unspecified atom stereocenters. The maximum Gasteiger partial charge on any atom is 0.340 e. The molecule has 0 amide bonds. The van der Waals surface area contributed by atoms with E-state index in [1.54, 1.807) is 43.3 Å². The van der Waals surface area contributed by atoms with Gasteiger partial charge in [-0.2, -0.15) is 0 Å². The second-order valence-corrected chi connectivity index (χ2v) is 6.08. The molecule has 0 fully saturated rings. The summed E-state index contributed by atoms with van der Waals surface area (Å²) in [6.45, 7) is 1.70. The van der Waals surface area contributed by atoms with E-state index in [-0.39, 0.29) is 10.9 Å². The van der Waals surface area contributed by atoms with Gasteiger partial charge in [-0.25, -0.2) is 4.79 Å². The predicted octanol–water partition coefficient (Wildman–Crippen LogP) is 4.73. The SMILES string of the molecule is COC(=O)c1c(C)n(C(=O)c2ccc(Cl)cc2Cl)c2ccccc12. The summed E-state index contributed by atoms with van der Waals surface area (Å²) in [6, 6.07) is 11.8. The standard InChI is InChI=1S/C18H13Cl2NO3/c1-10-16(18(23)24-2)13-5-3-4-6-15(13)21(10)17(22)12-8-7-11(19)9-14(12)20/h3-9H,1-2H3. The molecule has 3 aromatic rings. The maximum absolute atomic E-state index is 13.0. The summed E-state index contributed by atoms with van der Waals surface area (Å²) in [5.41, 5.74) is 1.79. The number of hydrogen-bond acceptors (Lipinski definition) is 3. The van der Waals surface area contributed by atoms with E-state index in [0.29, 0.717) is 32.7 Å². The molecular weight excluding hydrogens is 349 g/mol. The van der Waals surface area contributed by atoms with E-state index >= 15 is 0 Å². The van der Waals surface area contributed by atoms with Gasteiger partial charge in [0.05, 0.1) is 28.8 Å². The van der Waals surface area contributed by atoms with Crippen LogP contribution < -0.4 is 0 Å². The number of fused-ring (bicyclic) bond motifs is 1. The molecule has 4 nitrogen and oxygen atoms in total. The van der Waals surface area contributed by atoms with Gasteiger partial charge in [-0.1, -0.05) is 41.4 Å². The van der Waals surface area contributed by atoms with Gasteiger partial charge in [-0.15, -0.1) is 0 Å². The highest BCUT2D eigenvalue weighted by Crippen LogP contribution is 2.29. The summed E-state index contributed by atoms with van der Waals surface area (Å²) in [5, 5.41) is 1.35. The summed E-state index contributed by atoms with van der Waals surface area (Å²) in [7, 11) is 1.31. The molecule has 3 rings (SSSR count). The normalized spacial score (nSPS) is 10.8. The van der Waals surface area contributed by atoms with Crippen molar-refractivity contribution in [3.8, 4) is 0 Å². The number of rotatable bonds is 2. The molecule has 0 aliphatic rings. The van der Waals surface area contributed by atoms with Gasteiger partial charge in [0.25, 0.3) is 5.91 Å². The first-order valence-corrected chi connectivity index (χ1v) is 7.89. The van der Waals surface area contributed by atoms with Gasteiger partial charge in [0.15, 0.2) is 0 Å². The Bertz CT molecular complexity index is 976. The summed E-state index contributed by atoms with van der Waals surface area (Å²) in [6.07, 6.45) is 0. The molecule has 1 aromatic heterocycles. The quantitative estimate of drug-likeness (QED) is 0.619. The van der Waals surface area contributed by atoms with E-state index in [1.165, 1.54) is 17.7 Å². The molecule has 0 aliphatic carbocycles. The van der Waals surface area contributed by atoms with Crippen LogP contribution in [-0.4, -0.2) is 23.6 Å². The van der Waals surface area contributed by atoms with Crippen LogP contribution in [0.5, 0.6) is 0 Å². The Labute approximate surface area is 148 Å². The van der Waals surface area contributed by atoms with Crippen molar-refractivity contribution in [2.45, 2.75) is 6.92 Å². The predicted molar refractivity (Wildman–Crippen MR) is 94.2 cm³/mol. The Morgan fingerprint density at radius 1 is 1.08 bits per heavy atom. The molecule has 0 radical (unpaired) electrons. The van der Waals surface area contributed by atoms with Crippen LogP contribution in [0.3, 0.4) is 0 Å². The average Bonchev–Trinajstić information content (AvgIpc) is 2.85. The maximum atomic E-state index is 13.0. The number of nitrogens with zero attached hydrogens (tertiary/aromatic N) is 1. The van der Waals surface area contributed by atoms with E-state index in [4.69, 9.17) is 27.9 Å². The number of carbonyl (C=O) groups is 2. The topological polar surface area (TPSA) is 48.3 Å². The van der Waals surface area contributed by atoms with Crippen LogP contribution in [-0.2, 0) is 4.74 Å². The smallest absolute Gasteiger partial charge is 0.340 e. The van der Waals surface area contributed by atoms with Crippen molar-refractivity contribution in [3.63, 3.8) is 0 Å². The molecule has 0 spiro atoms. The van der Waals surface area contributed by atoms with Crippen LogP contribution in [0.4, 0.5) is 0 Å². The molecule has 0 aliphatic heterocycles. The second-order valence-electron chi connectivity index (χ2n) is 5.23. The van der Waals surface area contributed by atoms with Crippen LogP contribution in [0.2, 0.25) is 10.0 Å². The number of benzene rings is 2. The van der Waals surface area contributed by atoms with Gasteiger partial charge in [0, 0.05) is 16.1 Å². The lowest BCUT2D eigenvalue weighted by Crippen LogP contribution is -2.15. The lowest BCUT2D eigenvalue weighted by Gasteiger charge is -2.09.